The molecule has 0 radical (unpaired) electrons. The first-order chi connectivity index (χ1) is 3.79. The molecule has 8 heavy (non-hydrogen) atoms. The van der Waals surface area contributed by atoms with Crippen molar-refractivity contribution in [2.75, 3.05) is 6.54 Å². The zero-order valence-corrected chi connectivity index (χ0v) is 5.57. The highest BCUT2D eigenvalue weighted by molar-refractivity contribution is 4.99. The van der Waals surface area contributed by atoms with Crippen LogP contribution in [0.3, 0.4) is 0 Å². The Labute approximate surface area is 50.8 Å². The number of nitrogens with one attached hydrogen (secondary N) is 1. The Bertz CT molecular complexity index is 105. The van der Waals surface area contributed by atoms with Crippen LogP contribution in [-0.4, -0.2) is 6.54 Å². The van der Waals surface area contributed by atoms with Gasteiger partial charge in [0.1, 0.15) is 0 Å². The molecule has 0 bridgehead atoms. The van der Waals surface area contributed by atoms with Crippen molar-refractivity contribution in [2.24, 2.45) is 5.92 Å². The highest BCUT2D eigenvalue weighted by atomic mass is 14.9. The predicted octanol–water partition coefficient (Wildman–Crippen LogP) is 1.52. The zero-order chi connectivity index (χ0) is 5.98. The van der Waals surface area contributed by atoms with Gasteiger partial charge in [-0.2, -0.15) is 0 Å². The minimum atomic E-state index is 0.832. The monoisotopic (exact) mass is 111 g/mol. The highest BCUT2D eigenvalue weighted by Crippen LogP contribution is 2.08. The van der Waals surface area contributed by atoms with Crippen molar-refractivity contribution < 1.29 is 0 Å². The predicted molar refractivity (Wildman–Crippen MR) is 35.5 cm³/mol. The SMILES string of the molecule is CC1=CC[C@@H](C)CN1. The highest BCUT2D eigenvalue weighted by Gasteiger charge is 2.03. The Morgan fingerprint density at radius 2 is 2.50 bits per heavy atom. The van der Waals surface area contributed by atoms with Crippen molar-refractivity contribution in [3.8, 4) is 0 Å². The molecule has 0 fully saturated rings. The van der Waals surface area contributed by atoms with E-state index in [0.717, 1.165) is 12.5 Å². The van der Waals surface area contributed by atoms with E-state index in [2.05, 4.69) is 25.2 Å². The largest absolute Gasteiger partial charge is 0.389 e. The summed E-state index contributed by atoms with van der Waals surface area (Å²) in [5, 5.41) is 3.29. The molecule has 1 aliphatic heterocycles. The molecule has 1 N–H and O–H groups in total. The van der Waals surface area contributed by atoms with Crippen LogP contribution in [0.5, 0.6) is 0 Å². The van der Waals surface area contributed by atoms with E-state index in [1.165, 1.54) is 12.1 Å². The summed E-state index contributed by atoms with van der Waals surface area (Å²) in [7, 11) is 0. The van der Waals surface area contributed by atoms with Crippen LogP contribution in [0.1, 0.15) is 20.3 Å². The fourth-order valence-corrected chi connectivity index (χ4v) is 0.869. The third-order valence-corrected chi connectivity index (χ3v) is 1.56. The van der Waals surface area contributed by atoms with Crippen molar-refractivity contribution in [1.29, 1.82) is 0 Å². The summed E-state index contributed by atoms with van der Waals surface area (Å²) >= 11 is 0. The summed E-state index contributed by atoms with van der Waals surface area (Å²) in [5.74, 6) is 0.832. The summed E-state index contributed by atoms with van der Waals surface area (Å²) in [6, 6.07) is 0. The Hall–Kier alpha value is -0.460. The van der Waals surface area contributed by atoms with E-state index >= 15 is 0 Å². The van der Waals surface area contributed by atoms with Gasteiger partial charge in [-0.1, -0.05) is 13.0 Å². The molecule has 0 spiro atoms. The van der Waals surface area contributed by atoms with Gasteiger partial charge in [0.05, 0.1) is 0 Å². The Balaban J connectivity index is 2.42. The second-order valence-corrected chi connectivity index (χ2v) is 2.61. The van der Waals surface area contributed by atoms with Crippen molar-refractivity contribution in [1.82, 2.24) is 5.32 Å². The van der Waals surface area contributed by atoms with Gasteiger partial charge in [0.2, 0.25) is 0 Å². The third-order valence-electron chi connectivity index (χ3n) is 1.56. The van der Waals surface area contributed by atoms with Crippen molar-refractivity contribution in [3.05, 3.63) is 11.8 Å². The molecule has 0 aromatic carbocycles. The molecule has 0 aliphatic carbocycles. The molecule has 0 aromatic rings. The maximum Gasteiger partial charge on any atom is 0.0172 e. The molecule has 46 valence electrons. The Morgan fingerprint density at radius 3 is 2.88 bits per heavy atom. The van der Waals surface area contributed by atoms with Gasteiger partial charge >= 0.3 is 0 Å². The quantitative estimate of drug-likeness (QED) is 0.499. The van der Waals surface area contributed by atoms with Crippen LogP contribution in [0.2, 0.25) is 0 Å². The van der Waals surface area contributed by atoms with Crippen LogP contribution >= 0.6 is 0 Å². The Morgan fingerprint density at radius 1 is 1.75 bits per heavy atom. The van der Waals surface area contributed by atoms with Gasteiger partial charge in [-0.25, -0.2) is 0 Å². The molecule has 1 nitrogen and oxygen atoms in total. The van der Waals surface area contributed by atoms with Crippen molar-refractivity contribution in [2.45, 2.75) is 20.3 Å². The molecule has 0 amide bonds. The molecule has 1 rings (SSSR count). The molecule has 0 unspecified atom stereocenters. The fourth-order valence-electron chi connectivity index (χ4n) is 0.869. The van der Waals surface area contributed by atoms with Crippen molar-refractivity contribution >= 4 is 0 Å². The van der Waals surface area contributed by atoms with Gasteiger partial charge in [-0.3, -0.25) is 0 Å². The average molecular weight is 111 g/mol. The summed E-state index contributed by atoms with van der Waals surface area (Å²) in [4.78, 5) is 0. The molecule has 0 saturated heterocycles. The van der Waals surface area contributed by atoms with E-state index in [1.54, 1.807) is 0 Å². The molecule has 1 aliphatic rings. The molecular weight excluding hydrogens is 98.1 g/mol. The maximum atomic E-state index is 3.29. The second-order valence-electron chi connectivity index (χ2n) is 2.61. The van der Waals surface area contributed by atoms with Crippen LogP contribution in [0.25, 0.3) is 0 Å². The first-order valence-corrected chi connectivity index (χ1v) is 3.19. The summed E-state index contributed by atoms with van der Waals surface area (Å²) in [5.41, 5.74) is 1.34. The number of hydrogen-bond donors (Lipinski definition) is 1. The molecular formula is C7H13N. The standard InChI is InChI=1S/C7H13N/c1-6-3-4-7(2)8-5-6/h4,6,8H,3,5H2,1-2H3/t6-/m1/s1. The lowest BCUT2D eigenvalue weighted by Gasteiger charge is -2.17. The first kappa shape index (κ1) is 5.67. The van der Waals surface area contributed by atoms with E-state index in [9.17, 15) is 0 Å². The minimum Gasteiger partial charge on any atom is -0.389 e. The number of rotatable bonds is 0. The van der Waals surface area contributed by atoms with E-state index in [4.69, 9.17) is 0 Å². The number of allylic oxidation sites excluding steroid dienone is 2. The molecule has 1 heterocycles. The van der Waals surface area contributed by atoms with E-state index in [1.807, 2.05) is 0 Å². The molecule has 0 saturated carbocycles. The lowest BCUT2D eigenvalue weighted by atomic mass is 10.0. The first-order valence-electron chi connectivity index (χ1n) is 3.19. The van der Waals surface area contributed by atoms with Crippen LogP contribution in [-0.2, 0) is 0 Å². The van der Waals surface area contributed by atoms with E-state index in [-0.39, 0.29) is 0 Å². The number of hydrogen-bond acceptors (Lipinski definition) is 1. The summed E-state index contributed by atoms with van der Waals surface area (Å²) in [6.45, 7) is 5.53. The zero-order valence-electron chi connectivity index (χ0n) is 5.57. The molecule has 0 aromatic heterocycles. The summed E-state index contributed by atoms with van der Waals surface area (Å²) in [6.07, 6.45) is 3.51. The van der Waals surface area contributed by atoms with Crippen LogP contribution in [0, 0.1) is 5.92 Å². The Kier molecular flexibility index (Phi) is 1.56. The molecule has 1 heteroatoms. The van der Waals surface area contributed by atoms with Gasteiger partial charge in [0.25, 0.3) is 0 Å². The van der Waals surface area contributed by atoms with Crippen LogP contribution in [0.4, 0.5) is 0 Å². The van der Waals surface area contributed by atoms with Crippen molar-refractivity contribution in [3.63, 3.8) is 0 Å². The summed E-state index contributed by atoms with van der Waals surface area (Å²) < 4.78 is 0. The fraction of sp³-hybridized carbons (Fsp3) is 0.714. The van der Waals surface area contributed by atoms with E-state index in [0.29, 0.717) is 0 Å². The average Bonchev–Trinajstić information content (AvgIpc) is 1.77. The maximum absolute atomic E-state index is 3.29. The van der Waals surface area contributed by atoms with Gasteiger partial charge in [0, 0.05) is 12.2 Å². The normalized spacial score (nSPS) is 28.8. The van der Waals surface area contributed by atoms with Crippen LogP contribution < -0.4 is 5.32 Å². The van der Waals surface area contributed by atoms with Gasteiger partial charge in [0.15, 0.2) is 0 Å². The van der Waals surface area contributed by atoms with Crippen LogP contribution in [0.15, 0.2) is 11.8 Å². The minimum absolute atomic E-state index is 0.832. The smallest absolute Gasteiger partial charge is 0.0172 e. The third kappa shape index (κ3) is 1.25. The lowest BCUT2D eigenvalue weighted by Crippen LogP contribution is -2.22. The lowest BCUT2D eigenvalue weighted by molar-refractivity contribution is 0.523. The van der Waals surface area contributed by atoms with E-state index < -0.39 is 0 Å². The van der Waals surface area contributed by atoms with Gasteiger partial charge in [-0.05, 0) is 19.3 Å². The molecule has 1 atom stereocenters. The van der Waals surface area contributed by atoms with Gasteiger partial charge < -0.3 is 5.32 Å². The van der Waals surface area contributed by atoms with Gasteiger partial charge in [-0.15, -0.1) is 0 Å². The second kappa shape index (κ2) is 2.21. The topological polar surface area (TPSA) is 12.0 Å².